The number of nitrogens with zero attached hydrogens (tertiary/aromatic N) is 1. The Bertz CT molecular complexity index is 1620. The van der Waals surface area contributed by atoms with E-state index in [-0.39, 0.29) is 0 Å². The molecule has 160 valence electrons. The zero-order chi connectivity index (χ0) is 22.1. The molecule has 0 heterocycles. The van der Waals surface area contributed by atoms with E-state index in [2.05, 4.69) is 104 Å². The third kappa shape index (κ3) is 2.78. The molecule has 2 aliphatic carbocycles. The first-order valence-electron chi connectivity index (χ1n) is 12.1. The van der Waals surface area contributed by atoms with Gasteiger partial charge in [-0.1, -0.05) is 78.9 Å². The van der Waals surface area contributed by atoms with E-state index >= 15 is 0 Å². The Morgan fingerprint density at radius 1 is 0.788 bits per heavy atom. The molecule has 0 amide bonds. The van der Waals surface area contributed by atoms with E-state index in [4.69, 9.17) is 0 Å². The molecule has 1 atom stereocenters. The number of hydrogen-bond donors (Lipinski definition) is 0. The molecule has 0 aliphatic heterocycles. The van der Waals surface area contributed by atoms with Gasteiger partial charge in [0.05, 0.1) is 6.04 Å². The molecule has 5 aromatic rings. The number of aryl methyl sites for hydroxylation is 3. The third-order valence-corrected chi connectivity index (χ3v) is 7.94. The van der Waals surface area contributed by atoms with Gasteiger partial charge in [0.25, 0.3) is 0 Å². The van der Waals surface area contributed by atoms with Crippen molar-refractivity contribution < 1.29 is 0 Å². The van der Waals surface area contributed by atoms with Crippen LogP contribution in [-0.2, 0) is 12.8 Å². The number of rotatable bonds is 3. The predicted octanol–water partition coefficient (Wildman–Crippen LogP) is 7.84. The lowest BCUT2D eigenvalue weighted by atomic mass is 9.85. The summed E-state index contributed by atoms with van der Waals surface area (Å²) in [5.74, 6) is 0. The smallest absolute Gasteiger partial charge is 0.0513 e. The van der Waals surface area contributed by atoms with E-state index in [1.165, 1.54) is 78.7 Å². The Labute approximate surface area is 195 Å². The summed E-state index contributed by atoms with van der Waals surface area (Å²) in [4.78, 5) is 2.49. The molecule has 1 unspecified atom stereocenters. The van der Waals surface area contributed by atoms with Crippen LogP contribution in [0.4, 0.5) is 5.69 Å². The molecule has 0 fully saturated rings. The van der Waals surface area contributed by atoms with Gasteiger partial charge in [-0.05, 0) is 87.0 Å². The maximum Gasteiger partial charge on any atom is 0.0513 e. The Hall–Kier alpha value is -3.58. The molecule has 0 saturated heterocycles. The van der Waals surface area contributed by atoms with Gasteiger partial charge < -0.3 is 4.90 Å². The van der Waals surface area contributed by atoms with Crippen molar-refractivity contribution in [3.05, 3.63) is 107 Å². The highest BCUT2D eigenvalue weighted by Crippen LogP contribution is 2.42. The predicted molar refractivity (Wildman–Crippen MR) is 143 cm³/mol. The number of fused-ring (bicyclic) bond motifs is 1. The summed E-state index contributed by atoms with van der Waals surface area (Å²) in [6.45, 7) is 2.23. The maximum atomic E-state index is 2.49. The average molecular weight is 426 g/mol. The first-order chi connectivity index (χ1) is 16.2. The molecule has 0 radical (unpaired) electrons. The van der Waals surface area contributed by atoms with E-state index in [9.17, 15) is 0 Å². The molecule has 33 heavy (non-hydrogen) atoms. The summed E-state index contributed by atoms with van der Waals surface area (Å²) >= 11 is 0. The first-order valence-corrected chi connectivity index (χ1v) is 12.1. The van der Waals surface area contributed by atoms with Crippen molar-refractivity contribution in [2.75, 3.05) is 11.9 Å². The Morgan fingerprint density at radius 2 is 1.55 bits per heavy atom. The van der Waals surface area contributed by atoms with E-state index in [0.717, 1.165) is 6.42 Å². The second kappa shape index (κ2) is 6.96. The molecule has 0 N–H and O–H groups in total. The number of anilines is 1. The third-order valence-electron chi connectivity index (χ3n) is 7.94. The van der Waals surface area contributed by atoms with Gasteiger partial charge in [-0.3, -0.25) is 0 Å². The minimum Gasteiger partial charge on any atom is -0.367 e. The van der Waals surface area contributed by atoms with Crippen molar-refractivity contribution in [1.29, 1.82) is 0 Å². The lowest BCUT2D eigenvalue weighted by Crippen LogP contribution is -2.30. The van der Waals surface area contributed by atoms with Crippen molar-refractivity contribution in [2.24, 2.45) is 0 Å². The molecular weight excluding hydrogens is 398 g/mol. The van der Waals surface area contributed by atoms with Gasteiger partial charge in [0.15, 0.2) is 0 Å². The van der Waals surface area contributed by atoms with Crippen molar-refractivity contribution in [2.45, 2.75) is 32.2 Å². The highest BCUT2D eigenvalue weighted by atomic mass is 15.1. The van der Waals surface area contributed by atoms with Crippen molar-refractivity contribution >= 4 is 43.6 Å². The summed E-state index contributed by atoms with van der Waals surface area (Å²) in [7, 11) is 2.26. The van der Waals surface area contributed by atoms with Gasteiger partial charge in [0.1, 0.15) is 0 Å². The van der Waals surface area contributed by atoms with Gasteiger partial charge in [-0.15, -0.1) is 0 Å². The van der Waals surface area contributed by atoms with E-state index in [1.54, 1.807) is 0 Å². The number of hydrogen-bond acceptors (Lipinski definition) is 1. The van der Waals surface area contributed by atoms with Crippen LogP contribution in [0.1, 0.15) is 28.7 Å². The summed E-state index contributed by atoms with van der Waals surface area (Å²) < 4.78 is 0. The normalized spacial score (nSPS) is 17.4. The van der Waals surface area contributed by atoms with Gasteiger partial charge in [0.2, 0.25) is 0 Å². The van der Waals surface area contributed by atoms with Crippen LogP contribution in [0.15, 0.2) is 85.0 Å². The number of allylic oxidation sites excluding steroid dienone is 2. The van der Waals surface area contributed by atoms with Crippen molar-refractivity contribution in [3.8, 4) is 0 Å². The minimum absolute atomic E-state index is 0.337. The zero-order valence-corrected chi connectivity index (χ0v) is 19.2. The molecule has 0 aromatic heterocycles. The van der Waals surface area contributed by atoms with Gasteiger partial charge >= 0.3 is 0 Å². The fraction of sp³-hybridized carbons (Fsp3) is 0.188. The SMILES string of the molecule is Cc1cc2cccc3c(N(C)C4C=C(c5ccc6c(c5)CC6)C=CC4)cc4cccc1c4c23. The molecule has 1 heteroatoms. The molecule has 0 saturated carbocycles. The Kier molecular flexibility index (Phi) is 3.99. The van der Waals surface area contributed by atoms with Crippen molar-refractivity contribution in [1.82, 2.24) is 0 Å². The number of likely N-dealkylation sites (N-methyl/N-ethyl adjacent to an activating group) is 1. The second-order valence-electron chi connectivity index (χ2n) is 9.82. The first kappa shape index (κ1) is 18.9. The summed E-state index contributed by atoms with van der Waals surface area (Å²) in [6, 6.07) is 25.6. The number of benzene rings is 5. The van der Waals surface area contributed by atoms with Crippen LogP contribution in [0.25, 0.3) is 37.9 Å². The molecule has 0 bridgehead atoms. The molecule has 5 aromatic carbocycles. The molecule has 1 nitrogen and oxygen atoms in total. The fourth-order valence-electron chi connectivity index (χ4n) is 5.99. The topological polar surface area (TPSA) is 3.24 Å². The van der Waals surface area contributed by atoms with Crippen LogP contribution in [0.2, 0.25) is 0 Å². The minimum atomic E-state index is 0.337. The van der Waals surface area contributed by atoms with E-state index < -0.39 is 0 Å². The Balaban J connectivity index is 1.37. The van der Waals surface area contributed by atoms with Crippen molar-refractivity contribution in [3.63, 3.8) is 0 Å². The molecule has 0 spiro atoms. The largest absolute Gasteiger partial charge is 0.367 e. The van der Waals surface area contributed by atoms with Gasteiger partial charge in [-0.2, -0.15) is 0 Å². The van der Waals surface area contributed by atoms with Crippen LogP contribution < -0.4 is 4.90 Å². The van der Waals surface area contributed by atoms with Gasteiger partial charge in [0, 0.05) is 18.1 Å². The fourth-order valence-corrected chi connectivity index (χ4v) is 5.99. The highest BCUT2D eigenvalue weighted by molar-refractivity contribution is 6.26. The Morgan fingerprint density at radius 3 is 2.33 bits per heavy atom. The van der Waals surface area contributed by atoms with E-state index in [0.29, 0.717) is 6.04 Å². The summed E-state index contributed by atoms with van der Waals surface area (Å²) in [5.41, 5.74) is 8.42. The highest BCUT2D eigenvalue weighted by Gasteiger charge is 2.21. The van der Waals surface area contributed by atoms with Crippen LogP contribution in [0.5, 0.6) is 0 Å². The maximum absolute atomic E-state index is 2.49. The summed E-state index contributed by atoms with van der Waals surface area (Å²) in [5, 5.41) is 8.20. The zero-order valence-electron chi connectivity index (χ0n) is 19.2. The van der Waals surface area contributed by atoms with Crippen LogP contribution >= 0.6 is 0 Å². The van der Waals surface area contributed by atoms with Gasteiger partial charge in [-0.25, -0.2) is 0 Å². The van der Waals surface area contributed by atoms with Crippen LogP contribution in [0, 0.1) is 6.92 Å². The van der Waals surface area contributed by atoms with E-state index in [1.807, 2.05) is 0 Å². The lowest BCUT2D eigenvalue weighted by Gasteiger charge is -2.31. The standard InChI is InChI=1S/C32H27N/c1-20-16-25-7-5-11-29-30(19-26-8-4-10-28(20)31(26)32(25)29)33(2)27-9-3-6-22(18-27)24-15-13-21-12-14-23(21)17-24/h3-8,10-11,13,15-19,27H,9,12,14H2,1-2H3. The summed E-state index contributed by atoms with van der Waals surface area (Å²) in [6.07, 6.45) is 10.6. The average Bonchev–Trinajstić information content (AvgIpc) is 2.83. The monoisotopic (exact) mass is 425 g/mol. The molecular formula is C32H27N. The lowest BCUT2D eigenvalue weighted by molar-refractivity contribution is 0.758. The molecule has 2 aliphatic rings. The van der Waals surface area contributed by atoms with Crippen LogP contribution in [0.3, 0.4) is 0 Å². The van der Waals surface area contributed by atoms with Crippen LogP contribution in [-0.4, -0.2) is 13.1 Å². The second-order valence-corrected chi connectivity index (χ2v) is 9.82. The molecule has 7 rings (SSSR count). The quantitative estimate of drug-likeness (QED) is 0.266.